The molecule has 0 bridgehead atoms. The Morgan fingerprint density at radius 3 is 1.83 bits per heavy atom. The van der Waals surface area contributed by atoms with Crippen LogP contribution in [0, 0.1) is 11.3 Å². The number of rotatable bonds is 2. The number of esters is 1. The number of ether oxygens (including phenoxy) is 1. The maximum Gasteiger partial charge on any atom is 0.320 e. The number of hydrogen-bond acceptors (Lipinski definition) is 3. The normalized spacial score (nSPS) is 13.7. The van der Waals surface area contributed by atoms with Crippen molar-refractivity contribution in [2.45, 2.75) is 20.8 Å². The van der Waals surface area contributed by atoms with E-state index in [1.165, 1.54) is 7.11 Å². The first-order valence-corrected chi connectivity index (χ1v) is 3.61. The minimum atomic E-state index is -1.14. The number of carboxylic acids is 1. The average molecular weight is 174 g/mol. The molecule has 0 aromatic heterocycles. The Morgan fingerprint density at radius 2 is 1.75 bits per heavy atom. The van der Waals surface area contributed by atoms with Crippen LogP contribution in [0.25, 0.3) is 0 Å². The van der Waals surface area contributed by atoms with Gasteiger partial charge in [-0.25, -0.2) is 0 Å². The summed E-state index contributed by atoms with van der Waals surface area (Å²) in [7, 11) is 1.18. The van der Waals surface area contributed by atoms with Crippen molar-refractivity contribution >= 4 is 11.9 Å². The molecule has 0 spiro atoms. The summed E-state index contributed by atoms with van der Waals surface area (Å²) in [4.78, 5) is 21.6. The lowest BCUT2D eigenvalue weighted by atomic mass is 9.81. The van der Waals surface area contributed by atoms with Gasteiger partial charge in [-0.1, -0.05) is 20.8 Å². The largest absolute Gasteiger partial charge is 0.481 e. The van der Waals surface area contributed by atoms with E-state index in [9.17, 15) is 9.59 Å². The molecular weight excluding hydrogens is 160 g/mol. The molecular formula is C8H14O4. The van der Waals surface area contributed by atoms with Gasteiger partial charge in [-0.3, -0.25) is 9.59 Å². The molecule has 1 atom stereocenters. The Kier molecular flexibility index (Phi) is 3.24. The Labute approximate surface area is 71.5 Å². The summed E-state index contributed by atoms with van der Waals surface area (Å²) in [5.74, 6) is -2.94. The first-order valence-electron chi connectivity index (χ1n) is 3.61. The fraction of sp³-hybridized carbons (Fsp3) is 0.750. The molecule has 1 N–H and O–H groups in total. The van der Waals surface area contributed by atoms with Crippen LogP contribution in [0.5, 0.6) is 0 Å². The van der Waals surface area contributed by atoms with E-state index in [1.54, 1.807) is 20.8 Å². The molecule has 0 unspecified atom stereocenters. The Balaban J connectivity index is 4.68. The molecule has 0 aliphatic rings. The second-order valence-electron chi connectivity index (χ2n) is 3.66. The van der Waals surface area contributed by atoms with E-state index in [0.29, 0.717) is 0 Å². The molecule has 0 radical (unpaired) electrons. The lowest BCUT2D eigenvalue weighted by Crippen LogP contribution is -2.36. The molecule has 4 nitrogen and oxygen atoms in total. The number of aliphatic carboxylic acids is 1. The third kappa shape index (κ3) is 2.53. The van der Waals surface area contributed by atoms with Crippen molar-refractivity contribution in [2.24, 2.45) is 11.3 Å². The second-order valence-corrected chi connectivity index (χ2v) is 3.66. The van der Waals surface area contributed by atoms with E-state index >= 15 is 0 Å². The first kappa shape index (κ1) is 10.9. The van der Waals surface area contributed by atoms with Crippen molar-refractivity contribution in [3.8, 4) is 0 Å². The quantitative estimate of drug-likeness (QED) is 0.499. The van der Waals surface area contributed by atoms with E-state index in [0.717, 1.165) is 0 Å². The molecule has 0 saturated carbocycles. The number of carboxylic acid groups (broad SMARTS) is 1. The molecule has 0 aliphatic heterocycles. The van der Waals surface area contributed by atoms with Crippen LogP contribution in [0.15, 0.2) is 0 Å². The minimum Gasteiger partial charge on any atom is -0.481 e. The van der Waals surface area contributed by atoms with Gasteiger partial charge in [0.05, 0.1) is 7.11 Å². The van der Waals surface area contributed by atoms with E-state index in [1.807, 2.05) is 0 Å². The van der Waals surface area contributed by atoms with Crippen molar-refractivity contribution in [1.29, 1.82) is 0 Å². The van der Waals surface area contributed by atoms with Crippen LogP contribution >= 0.6 is 0 Å². The summed E-state index contributed by atoms with van der Waals surface area (Å²) in [5, 5.41) is 8.71. The molecule has 0 heterocycles. The third-order valence-electron chi connectivity index (χ3n) is 1.55. The van der Waals surface area contributed by atoms with Gasteiger partial charge in [-0.05, 0) is 5.41 Å². The van der Waals surface area contributed by atoms with E-state index in [4.69, 9.17) is 5.11 Å². The van der Waals surface area contributed by atoms with Crippen LogP contribution in [0.4, 0.5) is 0 Å². The summed E-state index contributed by atoms with van der Waals surface area (Å²) in [5.41, 5.74) is -0.612. The van der Waals surface area contributed by atoms with Gasteiger partial charge in [0.15, 0.2) is 5.92 Å². The summed E-state index contributed by atoms with van der Waals surface area (Å²) < 4.78 is 4.38. The van der Waals surface area contributed by atoms with Gasteiger partial charge in [0, 0.05) is 0 Å². The molecule has 0 saturated heterocycles. The number of methoxy groups -OCH3 is 1. The van der Waals surface area contributed by atoms with Gasteiger partial charge in [-0.15, -0.1) is 0 Å². The minimum absolute atomic E-state index is 0.612. The summed E-state index contributed by atoms with van der Waals surface area (Å²) in [6.45, 7) is 5.05. The van der Waals surface area contributed by atoms with Gasteiger partial charge in [0.1, 0.15) is 0 Å². The lowest BCUT2D eigenvalue weighted by Gasteiger charge is -2.24. The average Bonchev–Trinajstić information content (AvgIpc) is 1.83. The second kappa shape index (κ2) is 3.56. The molecule has 0 aliphatic carbocycles. The fourth-order valence-corrected chi connectivity index (χ4v) is 0.943. The topological polar surface area (TPSA) is 63.6 Å². The van der Waals surface area contributed by atoms with Gasteiger partial charge in [-0.2, -0.15) is 0 Å². The SMILES string of the molecule is COC(=O)[C@@H](C(=O)O)C(C)(C)C. The van der Waals surface area contributed by atoms with Crippen molar-refractivity contribution in [3.05, 3.63) is 0 Å². The van der Waals surface area contributed by atoms with Crippen molar-refractivity contribution in [1.82, 2.24) is 0 Å². The van der Waals surface area contributed by atoms with Gasteiger partial charge in [0.25, 0.3) is 0 Å². The predicted octanol–water partition coefficient (Wildman–Crippen LogP) is 0.906. The standard InChI is InChI=1S/C8H14O4/c1-8(2,3)5(6(9)10)7(11)12-4/h5H,1-4H3,(H,9,10)/t5-/m1/s1. The molecule has 70 valence electrons. The highest BCUT2D eigenvalue weighted by Crippen LogP contribution is 2.26. The highest BCUT2D eigenvalue weighted by atomic mass is 16.5. The summed E-state index contributed by atoms with van der Waals surface area (Å²) >= 11 is 0. The highest BCUT2D eigenvalue weighted by molar-refractivity contribution is 5.94. The fourth-order valence-electron chi connectivity index (χ4n) is 0.943. The van der Waals surface area contributed by atoms with E-state index < -0.39 is 23.3 Å². The van der Waals surface area contributed by atoms with Gasteiger partial charge >= 0.3 is 11.9 Å². The Bertz CT molecular complexity index is 190. The molecule has 0 fully saturated rings. The molecule has 0 rings (SSSR count). The molecule has 0 aromatic carbocycles. The Morgan fingerprint density at radius 1 is 1.33 bits per heavy atom. The molecule has 0 aromatic rings. The van der Waals surface area contributed by atoms with Crippen LogP contribution in [0.3, 0.4) is 0 Å². The van der Waals surface area contributed by atoms with Gasteiger partial charge in [0.2, 0.25) is 0 Å². The summed E-state index contributed by atoms with van der Waals surface area (Å²) in [6, 6.07) is 0. The van der Waals surface area contributed by atoms with Crippen LogP contribution < -0.4 is 0 Å². The van der Waals surface area contributed by atoms with Crippen LogP contribution in [0.1, 0.15) is 20.8 Å². The molecule has 4 heteroatoms. The first-order chi connectivity index (χ1) is 5.30. The van der Waals surface area contributed by atoms with Crippen LogP contribution in [0.2, 0.25) is 0 Å². The molecule has 12 heavy (non-hydrogen) atoms. The van der Waals surface area contributed by atoms with E-state index in [-0.39, 0.29) is 0 Å². The lowest BCUT2D eigenvalue weighted by molar-refractivity contribution is -0.161. The third-order valence-corrected chi connectivity index (χ3v) is 1.55. The maximum atomic E-state index is 11.0. The van der Waals surface area contributed by atoms with Crippen molar-refractivity contribution in [2.75, 3.05) is 7.11 Å². The summed E-state index contributed by atoms with van der Waals surface area (Å²) in [6.07, 6.45) is 0. The predicted molar refractivity (Wildman–Crippen MR) is 42.6 cm³/mol. The number of carbonyl (C=O) groups excluding carboxylic acids is 1. The maximum absolute atomic E-state index is 11.0. The van der Waals surface area contributed by atoms with Crippen LogP contribution in [-0.4, -0.2) is 24.2 Å². The number of carbonyl (C=O) groups is 2. The highest BCUT2D eigenvalue weighted by Gasteiger charge is 2.38. The monoisotopic (exact) mass is 174 g/mol. The van der Waals surface area contributed by atoms with Crippen molar-refractivity contribution in [3.63, 3.8) is 0 Å². The van der Waals surface area contributed by atoms with Gasteiger partial charge < -0.3 is 9.84 Å². The Hall–Kier alpha value is -1.06. The zero-order valence-corrected chi connectivity index (χ0v) is 7.75. The van der Waals surface area contributed by atoms with Crippen LogP contribution in [-0.2, 0) is 14.3 Å². The molecule has 0 amide bonds. The zero-order chi connectivity index (χ0) is 9.94. The zero-order valence-electron chi connectivity index (χ0n) is 7.75. The van der Waals surface area contributed by atoms with E-state index in [2.05, 4.69) is 4.74 Å². The van der Waals surface area contributed by atoms with Crippen molar-refractivity contribution < 1.29 is 19.4 Å². The smallest absolute Gasteiger partial charge is 0.320 e. The number of hydrogen-bond donors (Lipinski definition) is 1.